The molecule has 0 radical (unpaired) electrons. The van der Waals surface area contributed by atoms with Crippen LogP contribution in [0.2, 0.25) is 0 Å². The summed E-state index contributed by atoms with van der Waals surface area (Å²) in [5.74, 6) is -1.28. The number of amides is 3. The average molecular weight is 629 g/mol. The first-order valence-electron chi connectivity index (χ1n) is 13.1. The van der Waals surface area contributed by atoms with Gasteiger partial charge in [-0.3, -0.25) is 14.4 Å². The number of pyridine rings is 1. The zero-order valence-electron chi connectivity index (χ0n) is 23.1. The Labute approximate surface area is 246 Å². The normalized spacial score (nSPS) is 18.7. The molecule has 1 saturated heterocycles. The highest BCUT2D eigenvalue weighted by Crippen LogP contribution is 2.29. The fourth-order valence-corrected chi connectivity index (χ4v) is 5.91. The molecule has 11 heteroatoms. The number of aliphatic hydroxyl groups is 1. The molecular formula is C29H34BrN5O4S. The first-order chi connectivity index (χ1) is 18.8. The monoisotopic (exact) mass is 627 g/mol. The van der Waals surface area contributed by atoms with Gasteiger partial charge in [-0.15, -0.1) is 11.3 Å². The van der Waals surface area contributed by atoms with Crippen molar-refractivity contribution in [2.45, 2.75) is 65.3 Å². The number of aromatic nitrogens is 2. The molecule has 1 aliphatic heterocycles. The number of carbonyl (C=O) groups excluding carboxylic acids is 3. The molecule has 2 unspecified atom stereocenters. The molecule has 1 fully saturated rings. The second-order valence-corrected chi connectivity index (χ2v) is 12.8. The van der Waals surface area contributed by atoms with E-state index < -0.39 is 35.4 Å². The molecule has 0 saturated carbocycles. The maximum absolute atomic E-state index is 13.8. The molecule has 1 aliphatic rings. The van der Waals surface area contributed by atoms with E-state index in [9.17, 15) is 19.5 Å². The summed E-state index contributed by atoms with van der Waals surface area (Å²) in [5, 5.41) is 16.3. The predicted octanol–water partition coefficient (Wildman–Crippen LogP) is 4.26. The first kappa shape index (κ1) is 29.8. The van der Waals surface area contributed by atoms with Gasteiger partial charge in [0, 0.05) is 13.0 Å². The summed E-state index contributed by atoms with van der Waals surface area (Å²) in [6, 6.07) is 10.8. The molecule has 2 aromatic heterocycles. The van der Waals surface area contributed by atoms with Gasteiger partial charge in [0.1, 0.15) is 22.4 Å². The Balaban J connectivity index is 1.48. The van der Waals surface area contributed by atoms with E-state index in [1.54, 1.807) is 29.5 Å². The zero-order chi connectivity index (χ0) is 29.2. The summed E-state index contributed by atoms with van der Waals surface area (Å²) >= 11 is 4.84. The Bertz CT molecular complexity index is 1390. The molecule has 0 spiro atoms. The number of rotatable bonds is 7. The number of carbonyl (C=O) groups is 3. The topological polar surface area (TPSA) is 125 Å². The van der Waals surface area contributed by atoms with Gasteiger partial charge in [0.05, 0.1) is 28.2 Å². The summed E-state index contributed by atoms with van der Waals surface area (Å²) in [4.78, 5) is 51.2. The number of thiazole rings is 1. The lowest BCUT2D eigenvalue weighted by atomic mass is 9.85. The maximum atomic E-state index is 13.8. The Hall–Kier alpha value is -3.15. The van der Waals surface area contributed by atoms with Crippen molar-refractivity contribution in [2.24, 2.45) is 5.41 Å². The van der Waals surface area contributed by atoms with E-state index in [0.29, 0.717) is 4.60 Å². The van der Waals surface area contributed by atoms with Gasteiger partial charge in [0.2, 0.25) is 11.8 Å². The van der Waals surface area contributed by atoms with Crippen molar-refractivity contribution in [2.75, 3.05) is 6.54 Å². The SMILES string of the molecule is Cc1ncsc1-c1ccc(C(C)NC(=O)[C@@H]2C[C@@H](O)CN2C(=O)C(NC(=O)c2cccc(Br)n2)C(C)(C)C)cc1. The van der Waals surface area contributed by atoms with Gasteiger partial charge in [0.15, 0.2) is 0 Å². The quantitative estimate of drug-likeness (QED) is 0.336. The lowest BCUT2D eigenvalue weighted by Gasteiger charge is -2.35. The number of hydrogen-bond acceptors (Lipinski definition) is 7. The highest BCUT2D eigenvalue weighted by molar-refractivity contribution is 9.10. The van der Waals surface area contributed by atoms with E-state index in [4.69, 9.17) is 0 Å². The summed E-state index contributed by atoms with van der Waals surface area (Å²) in [6.45, 7) is 9.37. The van der Waals surface area contributed by atoms with E-state index in [2.05, 4.69) is 36.5 Å². The van der Waals surface area contributed by atoms with Gasteiger partial charge >= 0.3 is 0 Å². The molecule has 3 amide bonds. The fourth-order valence-electron chi connectivity index (χ4n) is 4.76. The largest absolute Gasteiger partial charge is 0.391 e. The molecule has 3 aromatic rings. The predicted molar refractivity (Wildman–Crippen MR) is 158 cm³/mol. The molecule has 4 atom stereocenters. The number of benzene rings is 1. The minimum atomic E-state index is -0.943. The van der Waals surface area contributed by atoms with E-state index >= 15 is 0 Å². The smallest absolute Gasteiger partial charge is 0.270 e. The minimum absolute atomic E-state index is 0.00574. The van der Waals surface area contributed by atoms with Gasteiger partial charge in [-0.1, -0.05) is 51.1 Å². The van der Waals surface area contributed by atoms with Crippen LogP contribution < -0.4 is 10.6 Å². The van der Waals surface area contributed by atoms with E-state index in [0.717, 1.165) is 21.7 Å². The first-order valence-corrected chi connectivity index (χ1v) is 14.7. The third-order valence-electron chi connectivity index (χ3n) is 6.98. The fraction of sp³-hybridized carbons (Fsp3) is 0.414. The van der Waals surface area contributed by atoms with Crippen molar-refractivity contribution in [1.29, 1.82) is 0 Å². The van der Waals surface area contributed by atoms with Crippen molar-refractivity contribution in [1.82, 2.24) is 25.5 Å². The summed E-state index contributed by atoms with van der Waals surface area (Å²) in [6.07, 6.45) is -0.730. The molecule has 4 rings (SSSR count). The average Bonchev–Trinajstić information content (AvgIpc) is 3.51. The van der Waals surface area contributed by atoms with Crippen LogP contribution >= 0.6 is 27.3 Å². The maximum Gasteiger partial charge on any atom is 0.270 e. The highest BCUT2D eigenvalue weighted by atomic mass is 79.9. The molecule has 3 N–H and O–H groups in total. The van der Waals surface area contributed by atoms with Crippen LogP contribution in [-0.4, -0.2) is 62.4 Å². The lowest BCUT2D eigenvalue weighted by Crippen LogP contribution is -2.58. The zero-order valence-corrected chi connectivity index (χ0v) is 25.5. The van der Waals surface area contributed by atoms with Gasteiger partial charge in [-0.25, -0.2) is 9.97 Å². The molecule has 212 valence electrons. The Morgan fingerprint density at radius 1 is 1.12 bits per heavy atom. The Kier molecular flexibility index (Phi) is 9.06. The standard InChI is InChI=1S/C29H34BrN5O4S/c1-16(18-9-11-19(12-10-18)24-17(2)31-15-40-24)32-27(38)22-13-20(36)14-35(22)28(39)25(29(3,4)5)34-26(37)21-7-6-8-23(30)33-21/h6-12,15-16,20,22,25,36H,13-14H2,1-5H3,(H,32,38)(H,34,37)/t16?,20-,22+,25?/m1/s1. The molecule has 3 heterocycles. The number of nitrogens with zero attached hydrogens (tertiary/aromatic N) is 3. The number of nitrogens with one attached hydrogen (secondary N) is 2. The van der Waals surface area contributed by atoms with Gasteiger partial charge < -0.3 is 20.6 Å². The molecular weight excluding hydrogens is 594 g/mol. The summed E-state index contributed by atoms with van der Waals surface area (Å²) in [5.41, 5.74) is 4.26. The van der Waals surface area contributed by atoms with E-state index in [1.165, 1.54) is 4.90 Å². The van der Waals surface area contributed by atoms with E-state index in [-0.39, 0.29) is 30.6 Å². The minimum Gasteiger partial charge on any atom is -0.391 e. The number of halogens is 1. The van der Waals surface area contributed by atoms with Crippen molar-refractivity contribution in [3.63, 3.8) is 0 Å². The van der Waals surface area contributed by atoms with Crippen molar-refractivity contribution >= 4 is 45.0 Å². The highest BCUT2D eigenvalue weighted by Gasteiger charge is 2.44. The van der Waals surface area contributed by atoms with Crippen molar-refractivity contribution < 1.29 is 19.5 Å². The number of aryl methyl sites for hydroxylation is 1. The van der Waals surface area contributed by atoms with E-state index in [1.807, 2.05) is 64.4 Å². The lowest BCUT2D eigenvalue weighted by molar-refractivity contribution is -0.142. The van der Waals surface area contributed by atoms with Crippen LogP contribution in [0.15, 0.2) is 52.6 Å². The van der Waals surface area contributed by atoms with Crippen LogP contribution in [0, 0.1) is 12.3 Å². The van der Waals surface area contributed by atoms with Gasteiger partial charge in [0.25, 0.3) is 5.91 Å². The van der Waals surface area contributed by atoms with Crippen LogP contribution in [0.4, 0.5) is 0 Å². The Morgan fingerprint density at radius 3 is 2.42 bits per heavy atom. The number of β-amino-alcohol motifs (C(OH)–C–C–N with tert-alkyl or cyclic N) is 1. The van der Waals surface area contributed by atoms with Crippen molar-refractivity contribution in [3.8, 4) is 10.4 Å². The second-order valence-electron chi connectivity index (χ2n) is 11.1. The summed E-state index contributed by atoms with van der Waals surface area (Å²) < 4.78 is 0.501. The van der Waals surface area contributed by atoms with Crippen LogP contribution in [0.25, 0.3) is 10.4 Å². The third kappa shape index (κ3) is 6.76. The molecule has 40 heavy (non-hydrogen) atoms. The van der Waals surface area contributed by atoms with Crippen LogP contribution in [0.1, 0.15) is 61.9 Å². The molecule has 9 nitrogen and oxygen atoms in total. The number of likely N-dealkylation sites (tertiary alicyclic amines) is 1. The molecule has 0 bridgehead atoms. The van der Waals surface area contributed by atoms with Gasteiger partial charge in [-0.2, -0.15) is 0 Å². The Morgan fingerprint density at radius 2 is 1.82 bits per heavy atom. The van der Waals surface area contributed by atoms with Gasteiger partial charge in [-0.05, 0) is 58.5 Å². The molecule has 1 aromatic carbocycles. The number of aliphatic hydroxyl groups excluding tert-OH is 1. The van der Waals surface area contributed by atoms with Crippen LogP contribution in [0.5, 0.6) is 0 Å². The second kappa shape index (κ2) is 12.2. The summed E-state index contributed by atoms with van der Waals surface area (Å²) in [7, 11) is 0. The van der Waals surface area contributed by atoms with Crippen molar-refractivity contribution in [3.05, 3.63) is 69.5 Å². The third-order valence-corrected chi connectivity index (χ3v) is 8.40. The van der Waals surface area contributed by atoms with Crippen LogP contribution in [0.3, 0.4) is 0 Å². The number of hydrogen-bond donors (Lipinski definition) is 3. The van der Waals surface area contributed by atoms with Crippen LogP contribution in [-0.2, 0) is 9.59 Å². The molecule has 0 aliphatic carbocycles.